The molecule has 0 aromatic rings. The first-order chi connectivity index (χ1) is 8.24. The van der Waals surface area contributed by atoms with E-state index in [1.54, 1.807) is 0 Å². The Balaban J connectivity index is 3.70. The minimum atomic E-state index is -0.0718. The van der Waals surface area contributed by atoms with Crippen LogP contribution in [0.2, 0.25) is 0 Å². The van der Waals surface area contributed by atoms with Gasteiger partial charge in [-0.2, -0.15) is 0 Å². The Morgan fingerprint density at radius 3 is 2.41 bits per heavy atom. The van der Waals surface area contributed by atoms with Crippen molar-refractivity contribution < 1.29 is 14.6 Å². The molecule has 3 nitrogen and oxygen atoms in total. The second kappa shape index (κ2) is 11.9. The highest BCUT2D eigenvalue weighted by atomic mass is 16.5. The van der Waals surface area contributed by atoms with Crippen LogP contribution in [0.25, 0.3) is 0 Å². The zero-order valence-corrected chi connectivity index (χ0v) is 11.4. The molecule has 0 aromatic carbocycles. The third kappa shape index (κ3) is 10.3. The Labute approximate surface area is 106 Å². The Kier molecular flexibility index (Phi) is 11.5. The standard InChI is InChI=1S/C14H28O3/c1-3-5-10-13(9-4-2)17-14(16)11-7-6-8-12-15/h13,15H,3-12H2,1-2H3. The third-order valence-electron chi connectivity index (χ3n) is 2.83. The van der Waals surface area contributed by atoms with Crippen molar-refractivity contribution in [3.63, 3.8) is 0 Å². The van der Waals surface area contributed by atoms with Crippen molar-refractivity contribution in [2.45, 2.75) is 77.7 Å². The van der Waals surface area contributed by atoms with Crippen LogP contribution in [0.4, 0.5) is 0 Å². The summed E-state index contributed by atoms with van der Waals surface area (Å²) in [5.41, 5.74) is 0. The maximum Gasteiger partial charge on any atom is 0.306 e. The average Bonchev–Trinajstić information content (AvgIpc) is 2.32. The van der Waals surface area contributed by atoms with E-state index in [4.69, 9.17) is 9.84 Å². The summed E-state index contributed by atoms with van der Waals surface area (Å²) in [5, 5.41) is 8.63. The molecule has 0 spiro atoms. The summed E-state index contributed by atoms with van der Waals surface area (Å²) in [6, 6.07) is 0. The number of unbranched alkanes of at least 4 members (excludes halogenated alkanes) is 3. The number of carbonyl (C=O) groups excluding carboxylic acids is 1. The molecule has 1 unspecified atom stereocenters. The second-order valence-corrected chi connectivity index (χ2v) is 4.58. The molecule has 0 heterocycles. The lowest BCUT2D eigenvalue weighted by Crippen LogP contribution is -2.18. The molecule has 17 heavy (non-hydrogen) atoms. The van der Waals surface area contributed by atoms with E-state index in [2.05, 4.69) is 13.8 Å². The second-order valence-electron chi connectivity index (χ2n) is 4.58. The molecule has 0 aromatic heterocycles. The van der Waals surface area contributed by atoms with Crippen LogP contribution in [0.3, 0.4) is 0 Å². The largest absolute Gasteiger partial charge is 0.462 e. The molecule has 0 saturated heterocycles. The molecule has 0 aliphatic heterocycles. The first kappa shape index (κ1) is 16.4. The minimum Gasteiger partial charge on any atom is -0.462 e. The van der Waals surface area contributed by atoms with E-state index in [0.717, 1.165) is 51.4 Å². The maximum atomic E-state index is 11.6. The quantitative estimate of drug-likeness (QED) is 0.447. The minimum absolute atomic E-state index is 0.0718. The zero-order chi connectivity index (χ0) is 12.9. The van der Waals surface area contributed by atoms with Crippen LogP contribution in [0.1, 0.15) is 71.6 Å². The summed E-state index contributed by atoms with van der Waals surface area (Å²) in [7, 11) is 0. The van der Waals surface area contributed by atoms with Crippen molar-refractivity contribution in [2.24, 2.45) is 0 Å². The van der Waals surface area contributed by atoms with E-state index in [1.807, 2.05) is 0 Å². The van der Waals surface area contributed by atoms with Gasteiger partial charge < -0.3 is 9.84 Å². The predicted octanol–water partition coefficient (Wildman–Crippen LogP) is 3.44. The van der Waals surface area contributed by atoms with Crippen molar-refractivity contribution in [3.8, 4) is 0 Å². The molecule has 0 rings (SSSR count). The number of carbonyl (C=O) groups is 1. The van der Waals surface area contributed by atoms with E-state index >= 15 is 0 Å². The van der Waals surface area contributed by atoms with E-state index in [9.17, 15) is 4.79 Å². The first-order valence-corrected chi connectivity index (χ1v) is 7.04. The fourth-order valence-corrected chi connectivity index (χ4v) is 1.82. The van der Waals surface area contributed by atoms with Gasteiger partial charge in [-0.3, -0.25) is 4.79 Å². The smallest absolute Gasteiger partial charge is 0.306 e. The summed E-state index contributed by atoms with van der Waals surface area (Å²) in [5.74, 6) is -0.0718. The number of hydrogen-bond acceptors (Lipinski definition) is 3. The lowest BCUT2D eigenvalue weighted by molar-refractivity contribution is -0.150. The Bertz CT molecular complexity index is 180. The van der Waals surface area contributed by atoms with Gasteiger partial charge in [-0.05, 0) is 25.7 Å². The number of aliphatic hydroxyl groups excluding tert-OH is 1. The summed E-state index contributed by atoms with van der Waals surface area (Å²) in [4.78, 5) is 11.6. The molecule has 0 saturated carbocycles. The molecule has 1 N–H and O–H groups in total. The van der Waals surface area contributed by atoms with Crippen molar-refractivity contribution >= 4 is 5.97 Å². The van der Waals surface area contributed by atoms with Crippen LogP contribution in [-0.2, 0) is 9.53 Å². The third-order valence-corrected chi connectivity index (χ3v) is 2.83. The van der Waals surface area contributed by atoms with Gasteiger partial charge in [0.2, 0.25) is 0 Å². The molecule has 0 aliphatic rings. The summed E-state index contributed by atoms with van der Waals surface area (Å²) in [6.07, 6.45) is 8.42. The highest BCUT2D eigenvalue weighted by molar-refractivity contribution is 5.69. The van der Waals surface area contributed by atoms with E-state index in [1.165, 1.54) is 0 Å². The zero-order valence-electron chi connectivity index (χ0n) is 11.4. The molecular weight excluding hydrogens is 216 g/mol. The van der Waals surface area contributed by atoms with Crippen LogP contribution in [0.5, 0.6) is 0 Å². The number of esters is 1. The topological polar surface area (TPSA) is 46.5 Å². The van der Waals surface area contributed by atoms with Gasteiger partial charge in [0.25, 0.3) is 0 Å². The maximum absolute atomic E-state index is 11.6. The fourth-order valence-electron chi connectivity index (χ4n) is 1.82. The SMILES string of the molecule is CCCCC(CCC)OC(=O)CCCCCO. The molecule has 0 amide bonds. The molecule has 102 valence electrons. The van der Waals surface area contributed by atoms with Crippen molar-refractivity contribution in [3.05, 3.63) is 0 Å². The van der Waals surface area contributed by atoms with Gasteiger partial charge in [-0.1, -0.05) is 39.5 Å². The van der Waals surface area contributed by atoms with Crippen molar-refractivity contribution in [2.75, 3.05) is 6.61 Å². The summed E-state index contributed by atoms with van der Waals surface area (Å²) < 4.78 is 5.47. The van der Waals surface area contributed by atoms with Crippen molar-refractivity contribution in [1.29, 1.82) is 0 Å². The molecule has 0 fully saturated rings. The Morgan fingerprint density at radius 2 is 1.82 bits per heavy atom. The Morgan fingerprint density at radius 1 is 1.06 bits per heavy atom. The summed E-state index contributed by atoms with van der Waals surface area (Å²) >= 11 is 0. The lowest BCUT2D eigenvalue weighted by Gasteiger charge is -2.16. The predicted molar refractivity (Wildman–Crippen MR) is 69.9 cm³/mol. The number of ether oxygens (including phenoxy) is 1. The monoisotopic (exact) mass is 244 g/mol. The molecule has 0 radical (unpaired) electrons. The van der Waals surface area contributed by atoms with Crippen LogP contribution < -0.4 is 0 Å². The van der Waals surface area contributed by atoms with Crippen LogP contribution >= 0.6 is 0 Å². The van der Waals surface area contributed by atoms with Gasteiger partial charge in [0.05, 0.1) is 0 Å². The van der Waals surface area contributed by atoms with Crippen LogP contribution in [-0.4, -0.2) is 23.8 Å². The van der Waals surface area contributed by atoms with Crippen LogP contribution in [0, 0.1) is 0 Å². The van der Waals surface area contributed by atoms with Gasteiger partial charge in [-0.25, -0.2) is 0 Å². The van der Waals surface area contributed by atoms with Gasteiger partial charge in [0.15, 0.2) is 0 Å². The lowest BCUT2D eigenvalue weighted by atomic mass is 10.1. The molecule has 0 bridgehead atoms. The van der Waals surface area contributed by atoms with E-state index in [0.29, 0.717) is 6.42 Å². The average molecular weight is 244 g/mol. The summed E-state index contributed by atoms with van der Waals surface area (Å²) in [6.45, 7) is 4.48. The molecule has 3 heteroatoms. The number of rotatable bonds is 11. The van der Waals surface area contributed by atoms with Gasteiger partial charge >= 0.3 is 5.97 Å². The van der Waals surface area contributed by atoms with Crippen LogP contribution in [0.15, 0.2) is 0 Å². The highest BCUT2D eigenvalue weighted by Gasteiger charge is 2.12. The van der Waals surface area contributed by atoms with Gasteiger partial charge in [-0.15, -0.1) is 0 Å². The highest BCUT2D eigenvalue weighted by Crippen LogP contribution is 2.13. The van der Waals surface area contributed by atoms with Gasteiger partial charge in [0, 0.05) is 13.0 Å². The molecule has 1 atom stereocenters. The normalized spacial score (nSPS) is 12.4. The number of aliphatic hydroxyl groups is 1. The van der Waals surface area contributed by atoms with E-state index < -0.39 is 0 Å². The van der Waals surface area contributed by atoms with Crippen molar-refractivity contribution in [1.82, 2.24) is 0 Å². The first-order valence-electron chi connectivity index (χ1n) is 7.04. The molecular formula is C14H28O3. The molecule has 0 aliphatic carbocycles. The Hall–Kier alpha value is -0.570. The fraction of sp³-hybridized carbons (Fsp3) is 0.929. The van der Waals surface area contributed by atoms with E-state index in [-0.39, 0.29) is 18.7 Å². The van der Waals surface area contributed by atoms with Gasteiger partial charge in [0.1, 0.15) is 6.10 Å². The number of hydrogen-bond donors (Lipinski definition) is 1.